The molecule has 84 valence electrons. The van der Waals surface area contributed by atoms with Gasteiger partial charge in [0.15, 0.2) is 5.82 Å². The molecule has 1 aliphatic heterocycles. The van der Waals surface area contributed by atoms with Gasteiger partial charge in [-0.05, 0) is 24.8 Å². The number of rotatable bonds is 2. The third-order valence-corrected chi connectivity index (χ3v) is 2.90. The number of aromatic nitrogens is 2. The number of anilines is 1. The Hall–Kier alpha value is -1.67. The van der Waals surface area contributed by atoms with Gasteiger partial charge < -0.3 is 10.0 Å². The van der Waals surface area contributed by atoms with Crippen LogP contribution >= 0.6 is 0 Å². The number of aliphatic hydroxyl groups is 1. The van der Waals surface area contributed by atoms with Crippen molar-refractivity contribution >= 4 is 5.82 Å². The Morgan fingerprint density at radius 3 is 3.25 bits per heavy atom. The average molecular weight is 218 g/mol. The van der Waals surface area contributed by atoms with Crippen LogP contribution in [-0.2, 0) is 0 Å². The molecule has 2 rings (SSSR count). The molecule has 0 aliphatic carbocycles. The Labute approximate surface area is 94.3 Å². The van der Waals surface area contributed by atoms with Crippen molar-refractivity contribution in [2.45, 2.75) is 12.8 Å². The number of nitriles is 1. The van der Waals surface area contributed by atoms with Gasteiger partial charge in [0.2, 0.25) is 0 Å². The van der Waals surface area contributed by atoms with Crippen LogP contribution in [0.15, 0.2) is 12.3 Å². The molecule has 1 aromatic rings. The molecular weight excluding hydrogens is 204 g/mol. The lowest BCUT2D eigenvalue weighted by molar-refractivity contribution is 0.208. The maximum Gasteiger partial charge on any atom is 0.169 e. The summed E-state index contributed by atoms with van der Waals surface area (Å²) in [5.74, 6) is 0.922. The minimum atomic E-state index is 0.193. The highest BCUT2D eigenvalue weighted by atomic mass is 16.3. The van der Waals surface area contributed by atoms with Crippen LogP contribution in [0.4, 0.5) is 5.82 Å². The Balaban J connectivity index is 2.20. The van der Waals surface area contributed by atoms with E-state index in [0.717, 1.165) is 25.9 Å². The third-order valence-electron chi connectivity index (χ3n) is 2.90. The van der Waals surface area contributed by atoms with Crippen LogP contribution in [0.25, 0.3) is 0 Å². The van der Waals surface area contributed by atoms with Crippen LogP contribution in [0.3, 0.4) is 0 Å². The van der Waals surface area contributed by atoms with Gasteiger partial charge in [-0.15, -0.1) is 5.10 Å². The molecule has 0 saturated carbocycles. The first-order valence-corrected chi connectivity index (χ1v) is 5.42. The second-order valence-electron chi connectivity index (χ2n) is 4.02. The van der Waals surface area contributed by atoms with Crippen molar-refractivity contribution < 1.29 is 5.11 Å². The quantitative estimate of drug-likeness (QED) is 0.785. The van der Waals surface area contributed by atoms with E-state index in [9.17, 15) is 0 Å². The average Bonchev–Trinajstić information content (AvgIpc) is 2.38. The molecule has 1 saturated heterocycles. The third kappa shape index (κ3) is 2.12. The van der Waals surface area contributed by atoms with Gasteiger partial charge in [0, 0.05) is 19.7 Å². The van der Waals surface area contributed by atoms with E-state index in [-0.39, 0.29) is 12.5 Å². The molecule has 5 heteroatoms. The normalized spacial score (nSPS) is 20.5. The predicted molar refractivity (Wildman–Crippen MR) is 58.8 cm³/mol. The molecule has 0 radical (unpaired) electrons. The number of aliphatic hydroxyl groups excluding tert-OH is 1. The molecule has 0 aromatic carbocycles. The highest BCUT2D eigenvalue weighted by Crippen LogP contribution is 2.23. The number of piperidine rings is 1. The molecule has 1 aliphatic rings. The first-order chi connectivity index (χ1) is 7.85. The maximum absolute atomic E-state index is 9.15. The lowest BCUT2D eigenvalue weighted by atomic mass is 9.99. The van der Waals surface area contributed by atoms with Crippen molar-refractivity contribution in [1.82, 2.24) is 10.2 Å². The van der Waals surface area contributed by atoms with Crippen molar-refractivity contribution in [1.29, 1.82) is 5.26 Å². The first kappa shape index (κ1) is 10.8. The van der Waals surface area contributed by atoms with Gasteiger partial charge in [-0.1, -0.05) is 0 Å². The number of hydrogen-bond donors (Lipinski definition) is 1. The highest BCUT2D eigenvalue weighted by molar-refractivity contribution is 5.52. The molecule has 1 fully saturated rings. The van der Waals surface area contributed by atoms with Crippen LogP contribution in [0, 0.1) is 17.2 Å². The lowest BCUT2D eigenvalue weighted by Gasteiger charge is -2.32. The lowest BCUT2D eigenvalue weighted by Crippen LogP contribution is -2.37. The molecular formula is C11H14N4O. The van der Waals surface area contributed by atoms with Crippen molar-refractivity contribution in [2.24, 2.45) is 5.92 Å². The molecule has 1 aromatic heterocycles. The summed E-state index contributed by atoms with van der Waals surface area (Å²) in [6.45, 7) is 1.83. The second-order valence-corrected chi connectivity index (χ2v) is 4.02. The van der Waals surface area contributed by atoms with Crippen molar-refractivity contribution in [3.63, 3.8) is 0 Å². The van der Waals surface area contributed by atoms with E-state index in [2.05, 4.69) is 16.3 Å². The standard InChI is InChI=1S/C11H14N4O/c12-6-10-3-4-13-14-11(10)15-5-1-2-9(7-15)8-16/h3-4,9,16H,1-2,5,7-8H2. The molecule has 1 unspecified atom stereocenters. The van der Waals surface area contributed by atoms with Gasteiger partial charge >= 0.3 is 0 Å². The summed E-state index contributed by atoms with van der Waals surface area (Å²) < 4.78 is 0. The fraction of sp³-hybridized carbons (Fsp3) is 0.545. The zero-order valence-electron chi connectivity index (χ0n) is 9.00. The Kier molecular flexibility index (Phi) is 3.32. The van der Waals surface area contributed by atoms with Crippen LogP contribution in [-0.4, -0.2) is 35.0 Å². The van der Waals surface area contributed by atoms with Crippen LogP contribution in [0.1, 0.15) is 18.4 Å². The van der Waals surface area contributed by atoms with Gasteiger partial charge in [0.1, 0.15) is 6.07 Å². The van der Waals surface area contributed by atoms with Crippen LogP contribution in [0.5, 0.6) is 0 Å². The molecule has 5 nitrogen and oxygen atoms in total. The number of nitrogens with zero attached hydrogens (tertiary/aromatic N) is 4. The number of hydrogen-bond acceptors (Lipinski definition) is 5. The second kappa shape index (κ2) is 4.90. The van der Waals surface area contributed by atoms with Crippen molar-refractivity contribution in [3.8, 4) is 6.07 Å². The molecule has 0 bridgehead atoms. The van der Waals surface area contributed by atoms with E-state index < -0.39 is 0 Å². The Bertz CT molecular complexity index is 401. The van der Waals surface area contributed by atoms with Gasteiger partial charge in [0.25, 0.3) is 0 Å². The van der Waals surface area contributed by atoms with E-state index in [1.807, 2.05) is 4.90 Å². The van der Waals surface area contributed by atoms with Gasteiger partial charge in [-0.25, -0.2) is 0 Å². The molecule has 0 amide bonds. The van der Waals surface area contributed by atoms with Crippen LogP contribution in [0.2, 0.25) is 0 Å². The van der Waals surface area contributed by atoms with Gasteiger partial charge in [-0.2, -0.15) is 10.4 Å². The summed E-state index contributed by atoms with van der Waals surface area (Å²) in [5, 5.41) is 26.0. The SMILES string of the molecule is N#Cc1ccnnc1N1CCCC(CO)C1. The highest BCUT2D eigenvalue weighted by Gasteiger charge is 2.22. The van der Waals surface area contributed by atoms with Gasteiger partial charge in [-0.3, -0.25) is 0 Å². The molecule has 2 heterocycles. The maximum atomic E-state index is 9.15. The molecule has 16 heavy (non-hydrogen) atoms. The van der Waals surface area contributed by atoms with Gasteiger partial charge in [0.05, 0.1) is 11.8 Å². The molecule has 0 spiro atoms. The zero-order chi connectivity index (χ0) is 11.4. The Morgan fingerprint density at radius 2 is 2.50 bits per heavy atom. The monoisotopic (exact) mass is 218 g/mol. The summed E-state index contributed by atoms with van der Waals surface area (Å²) >= 11 is 0. The smallest absolute Gasteiger partial charge is 0.169 e. The first-order valence-electron chi connectivity index (χ1n) is 5.42. The molecule has 1 N–H and O–H groups in total. The van der Waals surface area contributed by atoms with Crippen molar-refractivity contribution in [2.75, 3.05) is 24.6 Å². The van der Waals surface area contributed by atoms with E-state index in [1.54, 1.807) is 6.07 Å². The largest absolute Gasteiger partial charge is 0.396 e. The minimum absolute atomic E-state index is 0.193. The minimum Gasteiger partial charge on any atom is -0.396 e. The van der Waals surface area contributed by atoms with E-state index >= 15 is 0 Å². The summed E-state index contributed by atoms with van der Waals surface area (Å²) in [5.41, 5.74) is 0.550. The summed E-state index contributed by atoms with van der Waals surface area (Å²) in [7, 11) is 0. The summed E-state index contributed by atoms with van der Waals surface area (Å²) in [6.07, 6.45) is 3.58. The van der Waals surface area contributed by atoms with E-state index in [4.69, 9.17) is 10.4 Å². The fourth-order valence-corrected chi connectivity index (χ4v) is 2.05. The van der Waals surface area contributed by atoms with Crippen molar-refractivity contribution in [3.05, 3.63) is 17.8 Å². The Morgan fingerprint density at radius 1 is 1.62 bits per heavy atom. The fourth-order valence-electron chi connectivity index (χ4n) is 2.05. The predicted octanol–water partition coefficient (Wildman–Crippen LogP) is 0.557. The zero-order valence-corrected chi connectivity index (χ0v) is 9.00. The van der Waals surface area contributed by atoms with E-state index in [0.29, 0.717) is 11.4 Å². The molecule has 1 atom stereocenters. The summed E-state index contributed by atoms with van der Waals surface area (Å²) in [4.78, 5) is 2.04. The summed E-state index contributed by atoms with van der Waals surface area (Å²) in [6, 6.07) is 3.79. The van der Waals surface area contributed by atoms with Crippen LogP contribution < -0.4 is 4.90 Å². The van der Waals surface area contributed by atoms with E-state index in [1.165, 1.54) is 6.20 Å². The topological polar surface area (TPSA) is 73.0 Å².